The first-order valence-corrected chi connectivity index (χ1v) is 4.53. The number of nitrogen functional groups attached to an aromatic ring is 1. The van der Waals surface area contributed by atoms with Crippen molar-refractivity contribution in [1.82, 2.24) is 0 Å². The van der Waals surface area contributed by atoms with E-state index >= 15 is 0 Å². The lowest BCUT2D eigenvalue weighted by Gasteiger charge is -2.15. The van der Waals surface area contributed by atoms with Gasteiger partial charge < -0.3 is 21.7 Å². The first kappa shape index (κ1) is 11.0. The summed E-state index contributed by atoms with van der Waals surface area (Å²) in [5.74, 6) is 0. The van der Waals surface area contributed by atoms with Crippen molar-refractivity contribution in [3.05, 3.63) is 29.8 Å². The molecule has 4 heteroatoms. The van der Waals surface area contributed by atoms with Crippen molar-refractivity contribution in [1.29, 1.82) is 0 Å². The molecule has 0 aliphatic carbocycles. The second-order valence-electron chi connectivity index (χ2n) is 3.36. The van der Waals surface area contributed by atoms with Crippen molar-refractivity contribution in [3.63, 3.8) is 0 Å². The molecule has 0 saturated carbocycles. The Morgan fingerprint density at radius 1 is 1.36 bits per heavy atom. The maximum absolute atomic E-state index is 9.70. The maximum atomic E-state index is 9.70. The van der Waals surface area contributed by atoms with E-state index in [2.05, 4.69) is 0 Å². The largest absolute Gasteiger partial charge is 0.399 e. The van der Waals surface area contributed by atoms with Crippen molar-refractivity contribution in [2.45, 2.75) is 18.6 Å². The van der Waals surface area contributed by atoms with Crippen molar-refractivity contribution in [2.24, 2.45) is 5.73 Å². The van der Waals surface area contributed by atoms with Gasteiger partial charge >= 0.3 is 0 Å². The number of nitrogens with two attached hydrogens (primary N) is 2. The van der Waals surface area contributed by atoms with Gasteiger partial charge in [0.05, 0.1) is 12.7 Å². The number of hydrogen-bond donors (Lipinski definition) is 4. The van der Waals surface area contributed by atoms with Crippen LogP contribution in [0.4, 0.5) is 5.69 Å². The van der Waals surface area contributed by atoms with E-state index in [1.54, 1.807) is 24.3 Å². The minimum Gasteiger partial charge on any atom is -0.399 e. The maximum Gasteiger partial charge on any atom is 0.0806 e. The van der Waals surface area contributed by atoms with E-state index in [0.717, 1.165) is 5.56 Å². The van der Waals surface area contributed by atoms with Crippen LogP contribution < -0.4 is 11.5 Å². The average molecular weight is 196 g/mol. The lowest BCUT2D eigenvalue weighted by molar-refractivity contribution is 0.140. The van der Waals surface area contributed by atoms with Crippen molar-refractivity contribution in [3.8, 4) is 0 Å². The smallest absolute Gasteiger partial charge is 0.0806 e. The number of anilines is 1. The van der Waals surface area contributed by atoms with Crippen LogP contribution >= 0.6 is 0 Å². The Kier molecular flexibility index (Phi) is 3.88. The van der Waals surface area contributed by atoms with Gasteiger partial charge in [-0.1, -0.05) is 12.1 Å². The van der Waals surface area contributed by atoms with Crippen molar-refractivity contribution < 1.29 is 10.2 Å². The van der Waals surface area contributed by atoms with Crippen LogP contribution in [0.15, 0.2) is 24.3 Å². The van der Waals surface area contributed by atoms with Gasteiger partial charge in [0.15, 0.2) is 0 Å². The normalized spacial score (nSPS) is 15.1. The van der Waals surface area contributed by atoms with Crippen LogP contribution in [-0.2, 0) is 0 Å². The molecule has 1 aromatic rings. The SMILES string of the molecule is Nc1cccc([C@H](O)C[C@H](N)CO)c1. The van der Waals surface area contributed by atoms with Gasteiger partial charge in [0.1, 0.15) is 0 Å². The molecule has 0 radical (unpaired) electrons. The molecular formula is C10H16N2O2. The Labute approximate surface area is 83.2 Å². The minimum absolute atomic E-state index is 0.126. The molecule has 4 nitrogen and oxygen atoms in total. The number of benzene rings is 1. The molecule has 0 saturated heterocycles. The van der Waals surface area contributed by atoms with Crippen LogP contribution in [0.2, 0.25) is 0 Å². The Hall–Kier alpha value is -1.10. The zero-order valence-electron chi connectivity index (χ0n) is 7.93. The van der Waals surface area contributed by atoms with Crippen molar-refractivity contribution in [2.75, 3.05) is 12.3 Å². The molecule has 0 bridgehead atoms. The zero-order chi connectivity index (χ0) is 10.6. The summed E-state index contributed by atoms with van der Waals surface area (Å²) in [5.41, 5.74) is 12.4. The van der Waals surface area contributed by atoms with E-state index in [0.29, 0.717) is 12.1 Å². The summed E-state index contributed by atoms with van der Waals surface area (Å²) >= 11 is 0. The molecule has 0 heterocycles. The van der Waals surface area contributed by atoms with Gasteiger partial charge in [0.25, 0.3) is 0 Å². The Balaban J connectivity index is 2.64. The minimum atomic E-state index is -0.666. The van der Waals surface area contributed by atoms with Crippen LogP contribution in [-0.4, -0.2) is 22.9 Å². The predicted molar refractivity (Wildman–Crippen MR) is 55.5 cm³/mol. The molecule has 0 aromatic heterocycles. The molecule has 0 aliphatic rings. The first-order valence-electron chi connectivity index (χ1n) is 4.53. The first-order chi connectivity index (χ1) is 6.63. The monoisotopic (exact) mass is 196 g/mol. The number of aliphatic hydroxyl groups excluding tert-OH is 2. The number of aliphatic hydroxyl groups is 2. The van der Waals surface area contributed by atoms with Gasteiger partial charge in [-0.25, -0.2) is 0 Å². The quantitative estimate of drug-likeness (QED) is 0.510. The fraction of sp³-hybridized carbons (Fsp3) is 0.400. The number of hydrogen-bond acceptors (Lipinski definition) is 4. The van der Waals surface area contributed by atoms with E-state index in [1.165, 1.54) is 0 Å². The fourth-order valence-electron chi connectivity index (χ4n) is 1.26. The summed E-state index contributed by atoms with van der Waals surface area (Å²) in [4.78, 5) is 0. The molecule has 78 valence electrons. The van der Waals surface area contributed by atoms with Gasteiger partial charge in [-0.05, 0) is 24.1 Å². The molecule has 0 aliphatic heterocycles. The molecule has 2 atom stereocenters. The fourth-order valence-corrected chi connectivity index (χ4v) is 1.26. The highest BCUT2D eigenvalue weighted by molar-refractivity contribution is 5.41. The lowest BCUT2D eigenvalue weighted by Crippen LogP contribution is -2.26. The summed E-state index contributed by atoms with van der Waals surface area (Å²) in [6, 6.07) is 6.62. The lowest BCUT2D eigenvalue weighted by atomic mass is 10.0. The molecule has 0 unspecified atom stereocenters. The second kappa shape index (κ2) is 4.95. The van der Waals surface area contributed by atoms with Crippen LogP contribution in [0.25, 0.3) is 0 Å². The van der Waals surface area contributed by atoms with Gasteiger partial charge in [-0.2, -0.15) is 0 Å². The van der Waals surface area contributed by atoms with E-state index in [9.17, 15) is 5.11 Å². The summed E-state index contributed by atoms with van der Waals surface area (Å²) in [5, 5.41) is 18.4. The standard InChI is InChI=1S/C10H16N2O2/c11-8-3-1-2-7(4-8)10(14)5-9(12)6-13/h1-4,9-10,13-14H,5-6,11-12H2/t9-,10+/m0/s1. The molecule has 6 N–H and O–H groups in total. The Morgan fingerprint density at radius 3 is 2.64 bits per heavy atom. The van der Waals surface area contributed by atoms with Crippen LogP contribution in [0.5, 0.6) is 0 Å². The second-order valence-corrected chi connectivity index (χ2v) is 3.36. The molecular weight excluding hydrogens is 180 g/mol. The predicted octanol–water partition coefficient (Wildman–Crippen LogP) is 0.0119. The molecule has 0 spiro atoms. The summed E-state index contributed by atoms with van der Waals surface area (Å²) in [6.45, 7) is -0.126. The third-order valence-corrected chi connectivity index (χ3v) is 2.06. The summed E-state index contributed by atoms with van der Waals surface area (Å²) in [6.07, 6.45) is -0.333. The van der Waals surface area contributed by atoms with E-state index in [1.807, 2.05) is 0 Å². The van der Waals surface area contributed by atoms with Gasteiger partial charge in [-0.15, -0.1) is 0 Å². The summed E-state index contributed by atoms with van der Waals surface area (Å²) < 4.78 is 0. The topological polar surface area (TPSA) is 92.5 Å². The number of rotatable bonds is 4. The van der Waals surface area contributed by atoms with E-state index in [-0.39, 0.29) is 6.61 Å². The summed E-state index contributed by atoms with van der Waals surface area (Å²) in [7, 11) is 0. The molecule has 0 fully saturated rings. The molecule has 14 heavy (non-hydrogen) atoms. The van der Waals surface area contributed by atoms with Crippen LogP contribution in [0.3, 0.4) is 0 Å². The van der Waals surface area contributed by atoms with Crippen molar-refractivity contribution >= 4 is 5.69 Å². The van der Waals surface area contributed by atoms with Crippen LogP contribution in [0, 0.1) is 0 Å². The molecule has 1 aromatic carbocycles. The highest BCUT2D eigenvalue weighted by Gasteiger charge is 2.11. The molecule has 0 amide bonds. The van der Waals surface area contributed by atoms with Crippen LogP contribution in [0.1, 0.15) is 18.1 Å². The Morgan fingerprint density at radius 2 is 2.07 bits per heavy atom. The van der Waals surface area contributed by atoms with Gasteiger partial charge in [0.2, 0.25) is 0 Å². The Bertz CT molecular complexity index is 291. The average Bonchev–Trinajstić information content (AvgIpc) is 2.17. The zero-order valence-corrected chi connectivity index (χ0v) is 7.93. The highest BCUT2D eigenvalue weighted by atomic mass is 16.3. The van der Waals surface area contributed by atoms with E-state index in [4.69, 9.17) is 16.6 Å². The van der Waals surface area contributed by atoms with E-state index < -0.39 is 12.1 Å². The van der Waals surface area contributed by atoms with Gasteiger partial charge in [-0.3, -0.25) is 0 Å². The van der Waals surface area contributed by atoms with Gasteiger partial charge in [0, 0.05) is 11.7 Å². The molecule has 1 rings (SSSR count). The third-order valence-electron chi connectivity index (χ3n) is 2.06. The third kappa shape index (κ3) is 2.99. The highest BCUT2D eigenvalue weighted by Crippen LogP contribution is 2.19.